The van der Waals surface area contributed by atoms with Gasteiger partial charge in [-0.25, -0.2) is 8.78 Å². The summed E-state index contributed by atoms with van der Waals surface area (Å²) in [6.45, 7) is 2.25. The summed E-state index contributed by atoms with van der Waals surface area (Å²) >= 11 is 0. The highest BCUT2D eigenvalue weighted by atomic mass is 19.3. The van der Waals surface area contributed by atoms with E-state index in [0.29, 0.717) is 42.6 Å². The monoisotopic (exact) mass is 630 g/mol. The summed E-state index contributed by atoms with van der Waals surface area (Å²) in [5.74, 6) is 1.18. The molecule has 236 valence electrons. The molecule has 4 aliphatic rings. The van der Waals surface area contributed by atoms with Crippen LogP contribution in [0.25, 0.3) is 32.9 Å². The van der Waals surface area contributed by atoms with Crippen LogP contribution in [0.1, 0.15) is 37.7 Å². The Kier molecular flexibility index (Phi) is 6.81. The van der Waals surface area contributed by atoms with Crippen molar-refractivity contribution in [2.75, 3.05) is 37.7 Å². The standard InChI is InChI=1S/C34H30F4N6O2/c1-2-23-26(35)7-4-18-10-22(45)11-24(27(18)23)29-28(36)30-25(13-39-29)32(43-15-20-5-6-21(16-43)40-20)42-33(41-30)46-17-34-8-3-9-44(34)14-19(12-34)31(37)38/h1,4,7,10-11,13,20-21,40,45H,3,5-6,8-9,12,14-17H2/t20?,21?,34-/m1/s1. The molecule has 4 fully saturated rings. The number of phenols is 1. The number of benzene rings is 2. The number of anilines is 1. The molecule has 0 amide bonds. The van der Waals surface area contributed by atoms with Gasteiger partial charge in [0, 0.05) is 54.4 Å². The SMILES string of the molecule is C#Cc1c(F)ccc2cc(O)cc(-c3ncc4c(N5CC6CCC(C5)N6)nc(OC[C@]56CCCN5CC(=C(F)F)C6)nc4c3F)c12. The summed E-state index contributed by atoms with van der Waals surface area (Å²) in [4.78, 5) is 17.8. The number of piperazine rings is 1. The molecule has 4 saturated heterocycles. The smallest absolute Gasteiger partial charge is 0.319 e. The number of nitrogens with one attached hydrogen (secondary N) is 1. The topological polar surface area (TPSA) is 86.6 Å². The van der Waals surface area contributed by atoms with Gasteiger partial charge >= 0.3 is 6.01 Å². The molecule has 12 heteroatoms. The van der Waals surface area contributed by atoms with E-state index in [2.05, 4.69) is 26.1 Å². The molecule has 0 saturated carbocycles. The van der Waals surface area contributed by atoms with Gasteiger partial charge < -0.3 is 20.1 Å². The normalized spacial score (nSPS) is 24.2. The second-order valence-corrected chi connectivity index (χ2v) is 12.8. The van der Waals surface area contributed by atoms with Crippen LogP contribution in [0.2, 0.25) is 0 Å². The Morgan fingerprint density at radius 2 is 1.96 bits per heavy atom. The molecule has 4 aliphatic heterocycles. The molecule has 4 aromatic rings. The second-order valence-electron chi connectivity index (χ2n) is 12.8. The minimum Gasteiger partial charge on any atom is -0.508 e. The van der Waals surface area contributed by atoms with Gasteiger partial charge in [-0.05, 0) is 62.2 Å². The van der Waals surface area contributed by atoms with Gasteiger partial charge in [-0.2, -0.15) is 18.7 Å². The maximum Gasteiger partial charge on any atom is 0.319 e. The van der Waals surface area contributed by atoms with E-state index in [9.17, 15) is 18.3 Å². The Bertz CT molecular complexity index is 1980. The zero-order valence-electron chi connectivity index (χ0n) is 24.8. The van der Waals surface area contributed by atoms with E-state index < -0.39 is 23.3 Å². The third kappa shape index (κ3) is 4.63. The van der Waals surface area contributed by atoms with Crippen LogP contribution in [0.15, 0.2) is 42.1 Å². The fraction of sp³-hybridized carbons (Fsp3) is 0.382. The Labute approximate surface area is 262 Å². The maximum atomic E-state index is 16.8. The van der Waals surface area contributed by atoms with Gasteiger partial charge in [0.2, 0.25) is 0 Å². The van der Waals surface area contributed by atoms with Crippen molar-refractivity contribution in [2.24, 2.45) is 0 Å². The number of hydrogen-bond donors (Lipinski definition) is 2. The third-order valence-corrected chi connectivity index (χ3v) is 10.0. The minimum atomic E-state index is -1.65. The van der Waals surface area contributed by atoms with Crippen molar-refractivity contribution in [3.05, 3.63) is 59.3 Å². The van der Waals surface area contributed by atoms with E-state index in [1.54, 1.807) is 0 Å². The Hall–Kier alpha value is -4.47. The van der Waals surface area contributed by atoms with Crippen LogP contribution in [0.4, 0.5) is 23.4 Å². The van der Waals surface area contributed by atoms with E-state index in [1.807, 2.05) is 4.90 Å². The van der Waals surface area contributed by atoms with Crippen molar-refractivity contribution >= 4 is 27.5 Å². The number of nitrogens with zero attached hydrogens (tertiary/aromatic N) is 5. The molecule has 8 rings (SSSR count). The maximum absolute atomic E-state index is 16.8. The predicted molar refractivity (Wildman–Crippen MR) is 165 cm³/mol. The van der Waals surface area contributed by atoms with E-state index in [0.717, 1.165) is 19.3 Å². The number of terminal acetylenes is 1. The van der Waals surface area contributed by atoms with Crippen molar-refractivity contribution in [2.45, 2.75) is 49.7 Å². The van der Waals surface area contributed by atoms with Crippen LogP contribution in [0.3, 0.4) is 0 Å². The zero-order chi connectivity index (χ0) is 31.7. The fourth-order valence-corrected chi connectivity index (χ4v) is 7.90. The van der Waals surface area contributed by atoms with Crippen LogP contribution in [0.5, 0.6) is 11.8 Å². The molecule has 8 nitrogen and oxygen atoms in total. The lowest BCUT2D eigenvalue weighted by Gasteiger charge is -2.34. The van der Waals surface area contributed by atoms with Crippen LogP contribution in [0, 0.1) is 24.0 Å². The van der Waals surface area contributed by atoms with Crippen LogP contribution in [-0.4, -0.2) is 75.4 Å². The summed E-state index contributed by atoms with van der Waals surface area (Å²) in [6, 6.07) is 5.83. The van der Waals surface area contributed by atoms with Gasteiger partial charge in [-0.15, -0.1) is 6.42 Å². The molecule has 0 spiro atoms. The number of hydrogen-bond acceptors (Lipinski definition) is 8. The molecule has 2 aromatic heterocycles. The highest BCUT2D eigenvalue weighted by Crippen LogP contribution is 2.44. The van der Waals surface area contributed by atoms with Gasteiger partial charge in [-0.1, -0.05) is 12.0 Å². The molecule has 2 N–H and O–H groups in total. The Morgan fingerprint density at radius 3 is 2.72 bits per heavy atom. The first kappa shape index (κ1) is 29.0. The van der Waals surface area contributed by atoms with Gasteiger partial charge in [0.1, 0.15) is 35.2 Å². The average molecular weight is 631 g/mol. The van der Waals surface area contributed by atoms with E-state index in [4.69, 9.17) is 16.1 Å². The lowest BCUT2D eigenvalue weighted by molar-refractivity contribution is 0.108. The largest absolute Gasteiger partial charge is 0.508 e. The summed E-state index contributed by atoms with van der Waals surface area (Å²) in [5, 5.41) is 15.1. The molecular formula is C34H30F4N6O2. The average Bonchev–Trinajstić information content (AvgIpc) is 3.71. The molecule has 6 heterocycles. The zero-order valence-corrected chi connectivity index (χ0v) is 24.8. The van der Waals surface area contributed by atoms with Crippen molar-refractivity contribution < 1.29 is 27.4 Å². The molecule has 0 aliphatic carbocycles. The highest BCUT2D eigenvalue weighted by molar-refractivity contribution is 6.03. The third-order valence-electron chi connectivity index (χ3n) is 10.0. The summed E-state index contributed by atoms with van der Waals surface area (Å²) in [6.07, 6.45) is 9.27. The quantitative estimate of drug-likeness (QED) is 0.220. The number of pyridine rings is 1. The summed E-state index contributed by atoms with van der Waals surface area (Å²) < 4.78 is 64.9. The van der Waals surface area contributed by atoms with E-state index in [-0.39, 0.29) is 76.7 Å². The molecular weight excluding hydrogens is 600 g/mol. The highest BCUT2D eigenvalue weighted by Gasteiger charge is 2.48. The van der Waals surface area contributed by atoms with Gasteiger partial charge in [0.25, 0.3) is 6.08 Å². The van der Waals surface area contributed by atoms with Gasteiger partial charge in [-0.3, -0.25) is 9.88 Å². The molecule has 2 unspecified atom stereocenters. The van der Waals surface area contributed by atoms with Crippen molar-refractivity contribution in [3.63, 3.8) is 0 Å². The molecule has 2 aromatic carbocycles. The minimum absolute atomic E-state index is 0.0615. The van der Waals surface area contributed by atoms with Crippen molar-refractivity contribution in [3.8, 4) is 35.4 Å². The van der Waals surface area contributed by atoms with Crippen LogP contribution < -0.4 is 15.0 Å². The number of halogens is 4. The second kappa shape index (κ2) is 10.8. The molecule has 3 atom stereocenters. The van der Waals surface area contributed by atoms with E-state index in [1.165, 1.54) is 30.5 Å². The number of ether oxygens (including phenoxy) is 1. The fourth-order valence-electron chi connectivity index (χ4n) is 7.90. The first-order valence-electron chi connectivity index (χ1n) is 15.4. The van der Waals surface area contributed by atoms with Gasteiger partial charge in [0.05, 0.1) is 16.5 Å². The molecule has 2 bridgehead atoms. The first-order valence-corrected chi connectivity index (χ1v) is 15.4. The number of aromatic hydroxyl groups is 1. The number of rotatable bonds is 5. The summed E-state index contributed by atoms with van der Waals surface area (Å²) in [7, 11) is 0. The van der Waals surface area contributed by atoms with Crippen molar-refractivity contribution in [1.82, 2.24) is 25.2 Å². The lowest BCUT2D eigenvalue weighted by atomic mass is 9.94. The lowest BCUT2D eigenvalue weighted by Crippen LogP contribution is -2.51. The number of aromatic nitrogens is 3. The molecule has 0 radical (unpaired) electrons. The van der Waals surface area contributed by atoms with Crippen LogP contribution in [-0.2, 0) is 0 Å². The van der Waals surface area contributed by atoms with Crippen molar-refractivity contribution in [1.29, 1.82) is 0 Å². The Balaban J connectivity index is 1.26. The number of fused-ring (bicyclic) bond motifs is 5. The van der Waals surface area contributed by atoms with Gasteiger partial charge in [0.15, 0.2) is 5.82 Å². The number of phenolic OH excluding ortho intramolecular Hbond substituents is 1. The first-order chi connectivity index (χ1) is 22.2. The molecule has 46 heavy (non-hydrogen) atoms. The van der Waals surface area contributed by atoms with Crippen LogP contribution >= 0.6 is 0 Å². The predicted octanol–water partition coefficient (Wildman–Crippen LogP) is 5.52. The Morgan fingerprint density at radius 1 is 1.15 bits per heavy atom. The summed E-state index contributed by atoms with van der Waals surface area (Å²) in [5.41, 5.74) is -0.688. The van der Waals surface area contributed by atoms with E-state index >= 15 is 4.39 Å².